The van der Waals surface area contributed by atoms with Crippen molar-refractivity contribution in [2.24, 2.45) is 5.16 Å². The molecule has 2 rings (SSSR count). The molecule has 0 radical (unpaired) electrons. The number of carbonyl (C=O) groups is 1. The molecule has 0 saturated carbocycles. The number of benzene rings is 1. The predicted octanol–water partition coefficient (Wildman–Crippen LogP) is 0.897. The van der Waals surface area contributed by atoms with E-state index in [0.29, 0.717) is 11.3 Å². The van der Waals surface area contributed by atoms with Gasteiger partial charge in [-0.2, -0.15) is 0 Å². The van der Waals surface area contributed by atoms with Crippen LogP contribution in [0.15, 0.2) is 23.4 Å². The standard InChI is InChI=1S/C9H7N3O4/c1-16-11-8-6-4-5(12(14)15)2-3-7(6)10-9(8)13/h2-4H,1H3,(H,10,11,13). The lowest BCUT2D eigenvalue weighted by atomic mass is 10.1. The Labute approximate surface area is 89.8 Å². The Hall–Kier alpha value is -2.44. The van der Waals surface area contributed by atoms with Crippen molar-refractivity contribution in [3.63, 3.8) is 0 Å². The molecule has 0 aliphatic carbocycles. The largest absolute Gasteiger partial charge is 0.398 e. The second-order valence-electron chi connectivity index (χ2n) is 3.06. The summed E-state index contributed by atoms with van der Waals surface area (Å²) >= 11 is 0. The van der Waals surface area contributed by atoms with Gasteiger partial charge in [-0.3, -0.25) is 14.9 Å². The van der Waals surface area contributed by atoms with Crippen LogP contribution >= 0.6 is 0 Å². The maximum absolute atomic E-state index is 11.4. The number of hydrogen-bond donors (Lipinski definition) is 1. The fourth-order valence-electron chi connectivity index (χ4n) is 1.44. The van der Waals surface area contributed by atoms with Crippen LogP contribution in [0, 0.1) is 10.1 Å². The highest BCUT2D eigenvalue weighted by Crippen LogP contribution is 2.27. The van der Waals surface area contributed by atoms with Crippen LogP contribution in [0.3, 0.4) is 0 Å². The number of anilines is 1. The molecule has 1 aromatic rings. The zero-order valence-electron chi connectivity index (χ0n) is 8.26. The van der Waals surface area contributed by atoms with Crippen molar-refractivity contribution in [3.05, 3.63) is 33.9 Å². The highest BCUT2D eigenvalue weighted by Gasteiger charge is 2.28. The Kier molecular flexibility index (Phi) is 2.28. The number of oxime groups is 1. The lowest BCUT2D eigenvalue weighted by Gasteiger charge is -1.96. The number of nitrogens with zero attached hydrogens (tertiary/aromatic N) is 2. The van der Waals surface area contributed by atoms with E-state index < -0.39 is 10.8 Å². The lowest BCUT2D eigenvalue weighted by molar-refractivity contribution is -0.384. The molecular formula is C9H7N3O4. The molecule has 0 unspecified atom stereocenters. The molecule has 7 heteroatoms. The molecule has 7 nitrogen and oxygen atoms in total. The van der Waals surface area contributed by atoms with Crippen molar-refractivity contribution in [3.8, 4) is 0 Å². The predicted molar refractivity (Wildman–Crippen MR) is 55.3 cm³/mol. The summed E-state index contributed by atoms with van der Waals surface area (Å²) in [5, 5.41) is 16.6. The number of hydrogen-bond acceptors (Lipinski definition) is 5. The van der Waals surface area contributed by atoms with Gasteiger partial charge in [-0.25, -0.2) is 0 Å². The van der Waals surface area contributed by atoms with Crippen LogP contribution < -0.4 is 5.32 Å². The fourth-order valence-corrected chi connectivity index (χ4v) is 1.44. The van der Waals surface area contributed by atoms with Crippen molar-refractivity contribution in [2.75, 3.05) is 12.4 Å². The molecular weight excluding hydrogens is 214 g/mol. The number of nitro benzene ring substituents is 1. The van der Waals surface area contributed by atoms with Crippen LogP contribution in [0.4, 0.5) is 11.4 Å². The summed E-state index contributed by atoms with van der Waals surface area (Å²) in [6.45, 7) is 0. The Bertz CT molecular complexity index is 509. The topological polar surface area (TPSA) is 93.8 Å². The van der Waals surface area contributed by atoms with Crippen molar-refractivity contribution in [2.45, 2.75) is 0 Å². The van der Waals surface area contributed by atoms with E-state index in [4.69, 9.17) is 0 Å². The Morgan fingerprint density at radius 3 is 2.88 bits per heavy atom. The third kappa shape index (κ3) is 1.48. The molecule has 16 heavy (non-hydrogen) atoms. The Morgan fingerprint density at radius 1 is 1.50 bits per heavy atom. The monoisotopic (exact) mass is 221 g/mol. The van der Waals surface area contributed by atoms with Gasteiger partial charge in [0.15, 0.2) is 5.71 Å². The first kappa shape index (κ1) is 10.1. The van der Waals surface area contributed by atoms with Gasteiger partial charge < -0.3 is 10.2 Å². The molecule has 1 heterocycles. The summed E-state index contributed by atoms with van der Waals surface area (Å²) in [7, 11) is 1.30. The van der Waals surface area contributed by atoms with Gasteiger partial charge >= 0.3 is 0 Å². The minimum atomic E-state index is -0.534. The number of nitro groups is 1. The molecule has 1 aliphatic rings. The van der Waals surface area contributed by atoms with E-state index >= 15 is 0 Å². The number of fused-ring (bicyclic) bond motifs is 1. The van der Waals surface area contributed by atoms with Crippen LogP contribution in [-0.4, -0.2) is 23.7 Å². The van der Waals surface area contributed by atoms with Crippen LogP contribution in [0.25, 0.3) is 0 Å². The second kappa shape index (κ2) is 3.61. The van der Waals surface area contributed by atoms with E-state index in [-0.39, 0.29) is 11.4 Å². The third-order valence-corrected chi connectivity index (χ3v) is 2.11. The van der Waals surface area contributed by atoms with E-state index in [0.717, 1.165) is 0 Å². The molecule has 1 N–H and O–H groups in total. The molecule has 0 spiro atoms. The van der Waals surface area contributed by atoms with Gasteiger partial charge in [0.05, 0.1) is 10.6 Å². The number of non-ortho nitro benzene ring substituents is 1. The molecule has 1 amide bonds. The van der Waals surface area contributed by atoms with Gasteiger partial charge in [0.2, 0.25) is 0 Å². The molecule has 0 bridgehead atoms. The zero-order valence-corrected chi connectivity index (χ0v) is 8.26. The molecule has 0 aromatic heterocycles. The van der Waals surface area contributed by atoms with Gasteiger partial charge in [0.25, 0.3) is 11.6 Å². The summed E-state index contributed by atoms with van der Waals surface area (Å²) < 4.78 is 0. The average Bonchev–Trinajstić information content (AvgIpc) is 2.55. The number of carbonyl (C=O) groups excluding carboxylic acids is 1. The maximum Gasteiger partial charge on any atom is 0.278 e. The molecule has 0 fully saturated rings. The molecule has 0 saturated heterocycles. The van der Waals surface area contributed by atoms with Gasteiger partial charge in [-0.15, -0.1) is 0 Å². The summed E-state index contributed by atoms with van der Waals surface area (Å²) in [6.07, 6.45) is 0. The smallest absolute Gasteiger partial charge is 0.278 e. The molecule has 1 aliphatic heterocycles. The summed E-state index contributed by atoms with van der Waals surface area (Å²) in [4.78, 5) is 26.0. The van der Waals surface area contributed by atoms with E-state index in [1.54, 1.807) is 0 Å². The van der Waals surface area contributed by atoms with Crippen molar-refractivity contribution < 1.29 is 14.6 Å². The minimum Gasteiger partial charge on any atom is -0.398 e. The quantitative estimate of drug-likeness (QED) is 0.592. The van der Waals surface area contributed by atoms with Crippen molar-refractivity contribution in [1.29, 1.82) is 0 Å². The number of nitrogens with one attached hydrogen (secondary N) is 1. The van der Waals surface area contributed by atoms with Gasteiger partial charge in [-0.1, -0.05) is 5.16 Å². The summed E-state index contributed by atoms with van der Waals surface area (Å²) in [5.41, 5.74) is 0.813. The van der Waals surface area contributed by atoms with Crippen LogP contribution in [0.1, 0.15) is 5.56 Å². The molecule has 0 atom stereocenters. The average molecular weight is 221 g/mol. The molecule has 82 valence electrons. The minimum absolute atomic E-state index is 0.0428. The van der Waals surface area contributed by atoms with E-state index in [9.17, 15) is 14.9 Å². The van der Waals surface area contributed by atoms with Crippen molar-refractivity contribution in [1.82, 2.24) is 0 Å². The van der Waals surface area contributed by atoms with Crippen LogP contribution in [0.2, 0.25) is 0 Å². The first-order chi connectivity index (χ1) is 7.63. The number of amides is 1. The van der Waals surface area contributed by atoms with Crippen LogP contribution in [-0.2, 0) is 9.63 Å². The summed E-state index contributed by atoms with van der Waals surface area (Å²) in [5.74, 6) is -0.433. The Morgan fingerprint density at radius 2 is 2.25 bits per heavy atom. The maximum atomic E-state index is 11.4. The molecule has 1 aromatic carbocycles. The van der Waals surface area contributed by atoms with Gasteiger partial charge in [0, 0.05) is 17.7 Å². The lowest BCUT2D eigenvalue weighted by Crippen LogP contribution is -2.14. The number of rotatable bonds is 2. The second-order valence-corrected chi connectivity index (χ2v) is 3.06. The normalized spacial score (nSPS) is 15.8. The SMILES string of the molecule is CO/N=C1\C(=O)Nc2ccc([N+](=O)[O-])cc21. The highest BCUT2D eigenvalue weighted by molar-refractivity contribution is 6.53. The van der Waals surface area contributed by atoms with E-state index in [1.807, 2.05) is 0 Å². The van der Waals surface area contributed by atoms with Gasteiger partial charge in [0.1, 0.15) is 7.11 Å². The zero-order chi connectivity index (χ0) is 11.7. The van der Waals surface area contributed by atoms with Crippen molar-refractivity contribution >= 4 is 23.0 Å². The van der Waals surface area contributed by atoms with Gasteiger partial charge in [-0.05, 0) is 6.07 Å². The first-order valence-corrected chi connectivity index (χ1v) is 4.35. The highest BCUT2D eigenvalue weighted by atomic mass is 16.6. The van der Waals surface area contributed by atoms with E-state index in [2.05, 4.69) is 15.3 Å². The van der Waals surface area contributed by atoms with E-state index in [1.165, 1.54) is 25.3 Å². The first-order valence-electron chi connectivity index (χ1n) is 4.35. The summed E-state index contributed by atoms with van der Waals surface area (Å²) in [6, 6.07) is 4.06. The van der Waals surface area contributed by atoms with Crippen LogP contribution in [0.5, 0.6) is 0 Å². The third-order valence-electron chi connectivity index (χ3n) is 2.11. The Balaban J connectivity index is 2.54. The fraction of sp³-hybridized carbons (Fsp3) is 0.111.